The number of hydrogen-bond acceptors (Lipinski definition) is 6. The van der Waals surface area contributed by atoms with Crippen molar-refractivity contribution in [3.8, 4) is 0 Å². The Morgan fingerprint density at radius 3 is 2.49 bits per heavy atom. The summed E-state index contributed by atoms with van der Waals surface area (Å²) in [6.07, 6.45) is 7.22. The van der Waals surface area contributed by atoms with Crippen LogP contribution in [0.2, 0.25) is 0 Å². The molecule has 1 atom stereocenters. The van der Waals surface area contributed by atoms with Crippen molar-refractivity contribution in [2.45, 2.75) is 50.1 Å². The van der Waals surface area contributed by atoms with Crippen molar-refractivity contribution in [1.82, 2.24) is 20.3 Å². The molecule has 0 bridgehead atoms. The quantitative estimate of drug-likeness (QED) is 0.217. The molecule has 1 amide bonds. The molecule has 4 aromatic rings. The zero-order chi connectivity index (χ0) is 27.4. The normalized spacial score (nSPS) is 17.9. The number of nitrogens with one attached hydrogen (secondary N) is 3. The van der Waals surface area contributed by atoms with Gasteiger partial charge >= 0.3 is 0 Å². The summed E-state index contributed by atoms with van der Waals surface area (Å²) in [5, 5.41) is 7.68. The first-order valence-corrected chi connectivity index (χ1v) is 14.1. The predicted molar refractivity (Wildman–Crippen MR) is 158 cm³/mol. The van der Waals surface area contributed by atoms with Crippen LogP contribution in [0.3, 0.4) is 0 Å². The third-order valence-electron chi connectivity index (χ3n) is 7.37. The highest BCUT2D eigenvalue weighted by Gasteiger charge is 2.30. The second-order valence-electron chi connectivity index (χ2n) is 10.3. The van der Waals surface area contributed by atoms with E-state index in [2.05, 4.69) is 41.5 Å². The van der Waals surface area contributed by atoms with Crippen molar-refractivity contribution in [3.05, 3.63) is 82.6 Å². The molecule has 1 unspecified atom stereocenters. The minimum Gasteiger partial charge on any atom is -0.363 e. The largest absolute Gasteiger partial charge is 0.363 e. The highest BCUT2D eigenvalue weighted by molar-refractivity contribution is 9.10. The summed E-state index contributed by atoms with van der Waals surface area (Å²) in [6, 6.07) is 17.4. The molecule has 1 saturated carbocycles. The molecule has 2 aromatic heterocycles. The first-order valence-electron chi connectivity index (χ1n) is 13.3. The minimum absolute atomic E-state index is 0.0548. The standard InChI is InChI=1S/C30H33BrN6O2/c1-37(2)28-15-16-32-30(36-28)35-22-13-11-21(12-14-22)34-29(39)24(17-27(38)19-7-9-20(31)10-8-19)25-18-33-26-6-4-3-5-23(25)26/h3-10,15-16,18,21-22,24,33H,11-14,17H2,1-2H3,(H,34,39)(H,32,35,36). The average molecular weight is 590 g/mol. The maximum Gasteiger partial charge on any atom is 0.228 e. The summed E-state index contributed by atoms with van der Waals surface area (Å²) in [7, 11) is 3.91. The zero-order valence-electron chi connectivity index (χ0n) is 22.2. The number of carbonyl (C=O) groups excluding carboxylic acids is 2. The van der Waals surface area contributed by atoms with Crippen LogP contribution in [0.1, 0.15) is 53.9 Å². The van der Waals surface area contributed by atoms with Gasteiger partial charge in [0.25, 0.3) is 0 Å². The second-order valence-corrected chi connectivity index (χ2v) is 11.2. The molecule has 0 radical (unpaired) electrons. The molecular weight excluding hydrogens is 556 g/mol. The van der Waals surface area contributed by atoms with Crippen molar-refractivity contribution in [2.75, 3.05) is 24.3 Å². The number of fused-ring (bicyclic) bond motifs is 1. The van der Waals surface area contributed by atoms with Gasteiger partial charge in [0, 0.05) is 65.9 Å². The van der Waals surface area contributed by atoms with Crippen molar-refractivity contribution < 1.29 is 9.59 Å². The lowest BCUT2D eigenvalue weighted by atomic mass is 9.88. The molecule has 8 nitrogen and oxygen atoms in total. The molecule has 1 aliphatic carbocycles. The number of para-hydroxylation sites is 1. The van der Waals surface area contributed by atoms with E-state index in [1.54, 1.807) is 18.3 Å². The Hall–Kier alpha value is -3.72. The van der Waals surface area contributed by atoms with Gasteiger partial charge in [-0.25, -0.2) is 4.98 Å². The molecule has 2 heterocycles. The number of ketones is 1. The van der Waals surface area contributed by atoms with Crippen LogP contribution in [0.15, 0.2) is 71.5 Å². The van der Waals surface area contributed by atoms with Crippen molar-refractivity contribution >= 4 is 50.3 Å². The number of H-pyrrole nitrogens is 1. The molecule has 1 aliphatic rings. The fraction of sp³-hybridized carbons (Fsp3) is 0.333. The van der Waals surface area contributed by atoms with Crippen molar-refractivity contribution in [3.63, 3.8) is 0 Å². The molecule has 2 aromatic carbocycles. The lowest BCUT2D eigenvalue weighted by Gasteiger charge is -2.31. The van der Waals surface area contributed by atoms with E-state index in [0.717, 1.165) is 52.4 Å². The van der Waals surface area contributed by atoms with Crippen LogP contribution in [0.4, 0.5) is 11.8 Å². The van der Waals surface area contributed by atoms with E-state index in [1.165, 1.54) is 0 Å². The number of aromatic amines is 1. The van der Waals surface area contributed by atoms with Gasteiger partial charge in [-0.3, -0.25) is 9.59 Å². The smallest absolute Gasteiger partial charge is 0.228 e. The van der Waals surface area contributed by atoms with E-state index in [4.69, 9.17) is 0 Å². The number of halogens is 1. The lowest BCUT2D eigenvalue weighted by Crippen LogP contribution is -2.42. The molecule has 0 saturated heterocycles. The summed E-state index contributed by atoms with van der Waals surface area (Å²) in [4.78, 5) is 41.1. The van der Waals surface area contributed by atoms with Gasteiger partial charge in [-0.1, -0.05) is 46.3 Å². The van der Waals surface area contributed by atoms with Gasteiger partial charge in [0.2, 0.25) is 11.9 Å². The first-order chi connectivity index (χ1) is 18.9. The van der Waals surface area contributed by atoms with E-state index in [-0.39, 0.29) is 30.2 Å². The van der Waals surface area contributed by atoms with Crippen LogP contribution < -0.4 is 15.5 Å². The lowest BCUT2D eigenvalue weighted by molar-refractivity contribution is -0.123. The van der Waals surface area contributed by atoms with Gasteiger partial charge in [-0.15, -0.1) is 0 Å². The van der Waals surface area contributed by atoms with E-state index in [0.29, 0.717) is 11.5 Å². The minimum atomic E-state index is -0.588. The summed E-state index contributed by atoms with van der Waals surface area (Å²) in [6.45, 7) is 0. The highest BCUT2D eigenvalue weighted by atomic mass is 79.9. The van der Waals surface area contributed by atoms with Gasteiger partial charge < -0.3 is 20.5 Å². The SMILES string of the molecule is CN(C)c1ccnc(NC2CCC(NC(=O)C(CC(=O)c3ccc(Br)cc3)c3c[nH]c4ccccc34)CC2)n1. The van der Waals surface area contributed by atoms with Crippen LogP contribution in [0, 0.1) is 0 Å². The molecule has 1 fully saturated rings. The van der Waals surface area contributed by atoms with Gasteiger partial charge in [-0.05, 0) is 55.5 Å². The third kappa shape index (κ3) is 6.47. The van der Waals surface area contributed by atoms with Crippen LogP contribution >= 0.6 is 15.9 Å². The topological polar surface area (TPSA) is 103 Å². The Morgan fingerprint density at radius 2 is 1.74 bits per heavy atom. The predicted octanol–water partition coefficient (Wildman–Crippen LogP) is 5.68. The van der Waals surface area contributed by atoms with Crippen LogP contribution in [0.25, 0.3) is 10.9 Å². The maximum absolute atomic E-state index is 13.7. The molecule has 0 aliphatic heterocycles. The van der Waals surface area contributed by atoms with Crippen LogP contribution in [0.5, 0.6) is 0 Å². The number of rotatable bonds is 9. The maximum atomic E-state index is 13.7. The number of benzene rings is 2. The summed E-state index contributed by atoms with van der Waals surface area (Å²) >= 11 is 3.42. The number of amides is 1. The van der Waals surface area contributed by atoms with Crippen molar-refractivity contribution in [2.24, 2.45) is 0 Å². The van der Waals surface area contributed by atoms with E-state index in [9.17, 15) is 9.59 Å². The Bertz CT molecular complexity index is 1440. The monoisotopic (exact) mass is 588 g/mol. The van der Waals surface area contributed by atoms with E-state index < -0.39 is 5.92 Å². The molecule has 0 spiro atoms. The second kappa shape index (κ2) is 12.0. The summed E-state index contributed by atoms with van der Waals surface area (Å²) in [5.41, 5.74) is 2.40. The number of Topliss-reactive ketones (excluding diaryl/α,β-unsaturated/α-hetero) is 1. The fourth-order valence-electron chi connectivity index (χ4n) is 5.20. The Kier molecular flexibility index (Phi) is 8.26. The number of anilines is 2. The van der Waals surface area contributed by atoms with Crippen LogP contribution in [-0.4, -0.2) is 52.8 Å². The molecule has 3 N–H and O–H groups in total. The van der Waals surface area contributed by atoms with Gasteiger partial charge in [0.1, 0.15) is 5.82 Å². The zero-order valence-corrected chi connectivity index (χ0v) is 23.7. The van der Waals surface area contributed by atoms with Gasteiger partial charge in [-0.2, -0.15) is 4.98 Å². The molecule has 39 heavy (non-hydrogen) atoms. The van der Waals surface area contributed by atoms with Gasteiger partial charge in [0.05, 0.1) is 5.92 Å². The van der Waals surface area contributed by atoms with E-state index >= 15 is 0 Å². The molecule has 5 rings (SSSR count). The van der Waals surface area contributed by atoms with Crippen molar-refractivity contribution in [1.29, 1.82) is 0 Å². The van der Waals surface area contributed by atoms with Crippen LogP contribution in [-0.2, 0) is 4.79 Å². The van der Waals surface area contributed by atoms with E-state index in [1.807, 2.05) is 67.7 Å². The highest BCUT2D eigenvalue weighted by Crippen LogP contribution is 2.31. The molecule has 9 heteroatoms. The third-order valence-corrected chi connectivity index (χ3v) is 7.90. The summed E-state index contributed by atoms with van der Waals surface area (Å²) in [5.74, 6) is 0.730. The number of nitrogens with zero attached hydrogens (tertiary/aromatic N) is 3. The first kappa shape index (κ1) is 26.9. The Balaban J connectivity index is 1.26. The number of carbonyl (C=O) groups is 2. The van der Waals surface area contributed by atoms with Gasteiger partial charge in [0.15, 0.2) is 5.78 Å². The fourth-order valence-corrected chi connectivity index (χ4v) is 5.46. The number of hydrogen-bond donors (Lipinski definition) is 3. The Morgan fingerprint density at radius 1 is 1.03 bits per heavy atom. The Labute approximate surface area is 236 Å². The molecular formula is C30H33BrN6O2. The average Bonchev–Trinajstić information content (AvgIpc) is 3.37. The number of aromatic nitrogens is 3. The summed E-state index contributed by atoms with van der Waals surface area (Å²) < 4.78 is 0.909. The molecule has 202 valence electrons.